The standard InChI is InChI=1S/C22H26N4O3/c1-26-15-14-23-21(26)20(18-6-4-5-7-19(18)29-3)25-22(27)24-13-12-16-8-10-17(28-2)11-9-16/h4-11,14-15,20H,12-13H2,1-3H3,(H2,24,25,27). The molecule has 3 aromatic rings. The van der Waals surface area contributed by atoms with E-state index < -0.39 is 6.04 Å². The Balaban J connectivity index is 1.67. The van der Waals surface area contributed by atoms with Gasteiger partial charge >= 0.3 is 6.03 Å². The summed E-state index contributed by atoms with van der Waals surface area (Å²) < 4.78 is 12.5. The number of nitrogens with zero attached hydrogens (tertiary/aromatic N) is 2. The molecular formula is C22H26N4O3. The summed E-state index contributed by atoms with van der Waals surface area (Å²) in [6.07, 6.45) is 4.28. The summed E-state index contributed by atoms with van der Waals surface area (Å²) in [4.78, 5) is 17.0. The number of para-hydroxylation sites is 1. The Bertz CT molecular complexity index is 937. The highest BCUT2D eigenvalue weighted by Crippen LogP contribution is 2.28. The van der Waals surface area contributed by atoms with E-state index in [-0.39, 0.29) is 6.03 Å². The lowest BCUT2D eigenvalue weighted by Gasteiger charge is -2.21. The number of benzene rings is 2. The van der Waals surface area contributed by atoms with Gasteiger partial charge in [0, 0.05) is 31.5 Å². The van der Waals surface area contributed by atoms with Crippen LogP contribution in [0.2, 0.25) is 0 Å². The smallest absolute Gasteiger partial charge is 0.315 e. The highest BCUT2D eigenvalue weighted by molar-refractivity contribution is 5.75. The summed E-state index contributed by atoms with van der Waals surface area (Å²) in [5.74, 6) is 2.23. The van der Waals surface area contributed by atoms with Crippen molar-refractivity contribution in [2.24, 2.45) is 7.05 Å². The molecule has 7 heteroatoms. The zero-order valence-electron chi connectivity index (χ0n) is 16.9. The normalized spacial score (nSPS) is 11.6. The van der Waals surface area contributed by atoms with E-state index in [9.17, 15) is 4.79 Å². The maximum absolute atomic E-state index is 12.6. The minimum absolute atomic E-state index is 0.266. The first-order chi connectivity index (χ1) is 14.1. The number of hydrogen-bond donors (Lipinski definition) is 2. The third-order valence-electron chi connectivity index (χ3n) is 4.70. The number of amides is 2. The molecule has 0 bridgehead atoms. The number of nitrogens with one attached hydrogen (secondary N) is 2. The summed E-state index contributed by atoms with van der Waals surface area (Å²) in [7, 11) is 5.15. The van der Waals surface area contributed by atoms with Crippen molar-refractivity contribution in [2.75, 3.05) is 20.8 Å². The maximum atomic E-state index is 12.6. The van der Waals surface area contributed by atoms with Crippen molar-refractivity contribution in [1.82, 2.24) is 20.2 Å². The van der Waals surface area contributed by atoms with Crippen LogP contribution in [0.4, 0.5) is 4.79 Å². The van der Waals surface area contributed by atoms with Crippen LogP contribution in [-0.4, -0.2) is 36.3 Å². The summed E-state index contributed by atoms with van der Waals surface area (Å²) >= 11 is 0. The lowest BCUT2D eigenvalue weighted by atomic mass is 10.0. The summed E-state index contributed by atoms with van der Waals surface area (Å²) in [5, 5.41) is 5.94. The van der Waals surface area contributed by atoms with E-state index in [1.54, 1.807) is 20.4 Å². The zero-order valence-corrected chi connectivity index (χ0v) is 16.9. The molecule has 1 unspecified atom stereocenters. The minimum atomic E-state index is -0.438. The van der Waals surface area contributed by atoms with Gasteiger partial charge in [0.25, 0.3) is 0 Å². The highest BCUT2D eigenvalue weighted by atomic mass is 16.5. The summed E-state index contributed by atoms with van der Waals surface area (Å²) in [6, 6.07) is 14.7. The fourth-order valence-corrected chi connectivity index (χ4v) is 3.14. The lowest BCUT2D eigenvalue weighted by molar-refractivity contribution is 0.238. The number of carbonyl (C=O) groups is 1. The third kappa shape index (κ3) is 5.07. The van der Waals surface area contributed by atoms with Gasteiger partial charge in [-0.2, -0.15) is 0 Å². The Labute approximate surface area is 170 Å². The van der Waals surface area contributed by atoms with Crippen LogP contribution >= 0.6 is 0 Å². The van der Waals surface area contributed by atoms with Crippen LogP contribution in [0, 0.1) is 0 Å². The van der Waals surface area contributed by atoms with E-state index in [2.05, 4.69) is 15.6 Å². The van der Waals surface area contributed by atoms with Gasteiger partial charge in [0.05, 0.1) is 14.2 Å². The maximum Gasteiger partial charge on any atom is 0.315 e. The first-order valence-corrected chi connectivity index (χ1v) is 9.39. The molecule has 29 heavy (non-hydrogen) atoms. The Morgan fingerprint density at radius 1 is 1.10 bits per heavy atom. The Kier molecular flexibility index (Phi) is 6.73. The minimum Gasteiger partial charge on any atom is -0.497 e. The quantitative estimate of drug-likeness (QED) is 0.616. The highest BCUT2D eigenvalue weighted by Gasteiger charge is 2.23. The molecule has 3 rings (SSSR count). The number of methoxy groups -OCH3 is 2. The van der Waals surface area contributed by atoms with E-state index in [1.807, 2.05) is 66.3 Å². The molecule has 0 saturated carbocycles. The van der Waals surface area contributed by atoms with Gasteiger partial charge in [0.15, 0.2) is 0 Å². The van der Waals surface area contributed by atoms with Crippen LogP contribution in [0.1, 0.15) is 23.0 Å². The van der Waals surface area contributed by atoms with Crippen LogP contribution in [0.15, 0.2) is 60.9 Å². The fourth-order valence-electron chi connectivity index (χ4n) is 3.14. The Morgan fingerprint density at radius 3 is 2.52 bits per heavy atom. The van der Waals surface area contributed by atoms with E-state index >= 15 is 0 Å². The first kappa shape index (κ1) is 20.3. The number of carbonyl (C=O) groups excluding carboxylic acids is 1. The molecule has 1 atom stereocenters. The molecule has 0 aliphatic carbocycles. The number of aromatic nitrogens is 2. The molecule has 152 valence electrons. The van der Waals surface area contributed by atoms with Gasteiger partial charge in [0.2, 0.25) is 0 Å². The molecule has 0 aliphatic heterocycles. The second kappa shape index (κ2) is 9.64. The van der Waals surface area contributed by atoms with E-state index in [0.717, 1.165) is 29.1 Å². The van der Waals surface area contributed by atoms with Crippen LogP contribution in [0.25, 0.3) is 0 Å². The van der Waals surface area contributed by atoms with Crippen molar-refractivity contribution in [3.63, 3.8) is 0 Å². The first-order valence-electron chi connectivity index (χ1n) is 9.39. The number of hydrogen-bond acceptors (Lipinski definition) is 4. The molecule has 1 heterocycles. The SMILES string of the molecule is COc1ccc(CCNC(=O)NC(c2ccccc2OC)c2nccn2C)cc1. The largest absolute Gasteiger partial charge is 0.497 e. The average Bonchev–Trinajstić information content (AvgIpc) is 3.18. The predicted octanol–water partition coefficient (Wildman–Crippen LogP) is 3.07. The monoisotopic (exact) mass is 394 g/mol. The number of urea groups is 1. The van der Waals surface area contributed by atoms with Crippen molar-refractivity contribution in [1.29, 1.82) is 0 Å². The van der Waals surface area contributed by atoms with E-state index in [0.29, 0.717) is 12.3 Å². The van der Waals surface area contributed by atoms with Crippen molar-refractivity contribution in [3.8, 4) is 11.5 Å². The van der Waals surface area contributed by atoms with Crippen LogP contribution < -0.4 is 20.1 Å². The average molecular weight is 394 g/mol. The van der Waals surface area contributed by atoms with Gasteiger partial charge in [-0.25, -0.2) is 9.78 Å². The van der Waals surface area contributed by atoms with Gasteiger partial charge in [0.1, 0.15) is 23.4 Å². The Hall–Kier alpha value is -3.48. The molecule has 0 radical (unpaired) electrons. The second-order valence-electron chi connectivity index (χ2n) is 6.57. The second-order valence-corrected chi connectivity index (χ2v) is 6.57. The van der Waals surface area contributed by atoms with Crippen molar-refractivity contribution in [3.05, 3.63) is 77.9 Å². The number of ether oxygens (including phenoxy) is 2. The lowest BCUT2D eigenvalue weighted by Crippen LogP contribution is -2.40. The zero-order chi connectivity index (χ0) is 20.6. The molecule has 2 N–H and O–H groups in total. The number of aryl methyl sites for hydroxylation is 1. The fraction of sp³-hybridized carbons (Fsp3) is 0.273. The summed E-state index contributed by atoms with van der Waals surface area (Å²) in [5.41, 5.74) is 1.96. The van der Waals surface area contributed by atoms with E-state index in [1.165, 1.54) is 0 Å². The topological polar surface area (TPSA) is 77.4 Å². The van der Waals surface area contributed by atoms with Gasteiger partial charge < -0.3 is 24.7 Å². The van der Waals surface area contributed by atoms with E-state index in [4.69, 9.17) is 9.47 Å². The molecule has 0 saturated heterocycles. The molecule has 2 aromatic carbocycles. The molecular weight excluding hydrogens is 368 g/mol. The van der Waals surface area contributed by atoms with Gasteiger partial charge in [-0.1, -0.05) is 30.3 Å². The molecule has 1 aromatic heterocycles. The van der Waals surface area contributed by atoms with Gasteiger partial charge in [-0.15, -0.1) is 0 Å². The van der Waals surface area contributed by atoms with Crippen LogP contribution in [0.3, 0.4) is 0 Å². The molecule has 7 nitrogen and oxygen atoms in total. The third-order valence-corrected chi connectivity index (χ3v) is 4.70. The van der Waals surface area contributed by atoms with Crippen LogP contribution in [0.5, 0.6) is 11.5 Å². The Morgan fingerprint density at radius 2 is 1.86 bits per heavy atom. The molecule has 2 amide bonds. The number of imidazole rings is 1. The summed E-state index contributed by atoms with van der Waals surface area (Å²) in [6.45, 7) is 0.511. The van der Waals surface area contributed by atoms with Crippen molar-refractivity contribution < 1.29 is 14.3 Å². The van der Waals surface area contributed by atoms with Gasteiger partial charge in [-0.3, -0.25) is 0 Å². The molecule has 0 spiro atoms. The molecule has 0 aliphatic rings. The van der Waals surface area contributed by atoms with Crippen molar-refractivity contribution in [2.45, 2.75) is 12.5 Å². The van der Waals surface area contributed by atoms with Crippen LogP contribution in [-0.2, 0) is 13.5 Å². The predicted molar refractivity (Wildman–Crippen MR) is 111 cm³/mol. The number of rotatable bonds is 8. The van der Waals surface area contributed by atoms with Crippen molar-refractivity contribution >= 4 is 6.03 Å². The van der Waals surface area contributed by atoms with Gasteiger partial charge in [-0.05, 0) is 30.2 Å². The molecule has 0 fully saturated rings.